The topological polar surface area (TPSA) is 34.4 Å². The number of fused-ring (bicyclic) bond motifs is 1. The Balaban J connectivity index is 1.81. The van der Waals surface area contributed by atoms with Crippen molar-refractivity contribution in [2.75, 3.05) is 26.8 Å². The number of methoxy groups -OCH3 is 1. The fourth-order valence-electron chi connectivity index (χ4n) is 2.03. The molecule has 1 N–H and O–H groups in total. The smallest absolute Gasteiger partial charge is 0.134 e. The molecule has 3 nitrogen and oxygen atoms in total. The van der Waals surface area contributed by atoms with Crippen molar-refractivity contribution in [1.82, 2.24) is 5.32 Å². The van der Waals surface area contributed by atoms with Gasteiger partial charge < -0.3 is 14.5 Å². The van der Waals surface area contributed by atoms with Gasteiger partial charge in [0.05, 0.1) is 6.61 Å². The number of benzene rings is 1. The molecule has 0 aliphatic rings. The predicted molar refractivity (Wildman–Crippen MR) is 74.0 cm³/mol. The molecule has 1 aromatic carbocycles. The van der Waals surface area contributed by atoms with Crippen LogP contribution in [0.1, 0.15) is 17.7 Å². The highest BCUT2D eigenvalue weighted by Gasteiger charge is 2.03. The molecule has 0 radical (unpaired) electrons. The number of furan rings is 1. The summed E-state index contributed by atoms with van der Waals surface area (Å²) in [6.45, 7) is 4.78. The molecule has 2 rings (SSSR count). The van der Waals surface area contributed by atoms with Gasteiger partial charge in [0.1, 0.15) is 11.3 Å². The van der Waals surface area contributed by atoms with E-state index in [0.29, 0.717) is 0 Å². The van der Waals surface area contributed by atoms with E-state index < -0.39 is 0 Å². The largest absolute Gasteiger partial charge is 0.461 e. The summed E-state index contributed by atoms with van der Waals surface area (Å²) in [5.41, 5.74) is 2.26. The van der Waals surface area contributed by atoms with Crippen molar-refractivity contribution < 1.29 is 9.15 Å². The summed E-state index contributed by atoms with van der Waals surface area (Å²) >= 11 is 0. The van der Waals surface area contributed by atoms with Gasteiger partial charge in [0.25, 0.3) is 0 Å². The van der Waals surface area contributed by atoms with Crippen molar-refractivity contribution in [3.8, 4) is 0 Å². The number of aryl methyl sites for hydroxylation is 2. The summed E-state index contributed by atoms with van der Waals surface area (Å²) < 4.78 is 10.8. The van der Waals surface area contributed by atoms with Crippen molar-refractivity contribution in [3.05, 3.63) is 35.6 Å². The van der Waals surface area contributed by atoms with Gasteiger partial charge in [0, 0.05) is 25.5 Å². The first-order chi connectivity index (χ1) is 8.79. The molecule has 0 unspecified atom stereocenters. The lowest BCUT2D eigenvalue weighted by molar-refractivity contribution is 0.199. The van der Waals surface area contributed by atoms with Crippen LogP contribution >= 0.6 is 0 Å². The average Bonchev–Trinajstić information content (AvgIpc) is 2.75. The van der Waals surface area contributed by atoms with E-state index in [4.69, 9.17) is 9.15 Å². The molecular formula is C15H21NO2. The Morgan fingerprint density at radius 2 is 2.11 bits per heavy atom. The van der Waals surface area contributed by atoms with Crippen LogP contribution in [0.2, 0.25) is 0 Å². The van der Waals surface area contributed by atoms with Gasteiger partial charge in [-0.05, 0) is 38.1 Å². The number of rotatable bonds is 7. The molecule has 1 heterocycles. The first-order valence-electron chi connectivity index (χ1n) is 6.48. The van der Waals surface area contributed by atoms with Crippen molar-refractivity contribution >= 4 is 11.0 Å². The fourth-order valence-corrected chi connectivity index (χ4v) is 2.03. The van der Waals surface area contributed by atoms with Crippen LogP contribution in [0.3, 0.4) is 0 Å². The molecular weight excluding hydrogens is 226 g/mol. The minimum Gasteiger partial charge on any atom is -0.461 e. The van der Waals surface area contributed by atoms with Gasteiger partial charge in [-0.25, -0.2) is 0 Å². The third-order valence-electron chi connectivity index (χ3n) is 2.98. The normalized spacial score (nSPS) is 11.2. The third-order valence-corrected chi connectivity index (χ3v) is 2.98. The molecule has 2 aromatic rings. The molecule has 0 saturated carbocycles. The average molecular weight is 247 g/mol. The highest BCUT2D eigenvalue weighted by Crippen LogP contribution is 2.21. The summed E-state index contributed by atoms with van der Waals surface area (Å²) in [7, 11) is 1.72. The van der Waals surface area contributed by atoms with Crippen LogP contribution in [0.25, 0.3) is 11.0 Å². The van der Waals surface area contributed by atoms with Crippen molar-refractivity contribution in [2.24, 2.45) is 0 Å². The van der Waals surface area contributed by atoms with Crippen molar-refractivity contribution in [2.45, 2.75) is 19.8 Å². The Hall–Kier alpha value is -1.32. The van der Waals surface area contributed by atoms with Gasteiger partial charge >= 0.3 is 0 Å². The zero-order valence-electron chi connectivity index (χ0n) is 11.2. The lowest BCUT2D eigenvalue weighted by atomic mass is 10.1. The molecule has 18 heavy (non-hydrogen) atoms. The van der Waals surface area contributed by atoms with Gasteiger partial charge in [0.2, 0.25) is 0 Å². The number of nitrogens with one attached hydrogen (secondary N) is 1. The second-order valence-corrected chi connectivity index (χ2v) is 4.60. The van der Waals surface area contributed by atoms with Crippen LogP contribution in [-0.4, -0.2) is 26.8 Å². The highest BCUT2D eigenvalue weighted by atomic mass is 16.5. The van der Waals surface area contributed by atoms with Crippen LogP contribution in [0.15, 0.2) is 28.7 Å². The van der Waals surface area contributed by atoms with E-state index in [1.807, 2.05) is 6.07 Å². The van der Waals surface area contributed by atoms with Gasteiger partial charge in [-0.1, -0.05) is 11.6 Å². The Morgan fingerprint density at radius 1 is 1.22 bits per heavy atom. The molecule has 0 bridgehead atoms. The van der Waals surface area contributed by atoms with E-state index in [2.05, 4.69) is 30.4 Å². The second-order valence-electron chi connectivity index (χ2n) is 4.60. The van der Waals surface area contributed by atoms with Crippen molar-refractivity contribution in [3.63, 3.8) is 0 Å². The summed E-state index contributed by atoms with van der Waals surface area (Å²) in [5, 5.41) is 4.54. The van der Waals surface area contributed by atoms with Crippen molar-refractivity contribution in [1.29, 1.82) is 0 Å². The quantitative estimate of drug-likeness (QED) is 0.764. The number of hydrogen-bond donors (Lipinski definition) is 1. The van der Waals surface area contributed by atoms with Crippen LogP contribution < -0.4 is 5.32 Å². The first kappa shape index (κ1) is 13.1. The van der Waals surface area contributed by atoms with Gasteiger partial charge in [-0.2, -0.15) is 0 Å². The van der Waals surface area contributed by atoms with E-state index >= 15 is 0 Å². The molecule has 0 fully saturated rings. The van der Waals surface area contributed by atoms with E-state index in [9.17, 15) is 0 Å². The highest BCUT2D eigenvalue weighted by molar-refractivity contribution is 5.78. The number of ether oxygens (including phenoxy) is 1. The summed E-state index contributed by atoms with van der Waals surface area (Å²) in [6, 6.07) is 8.45. The van der Waals surface area contributed by atoms with E-state index in [-0.39, 0.29) is 0 Å². The monoisotopic (exact) mass is 247 g/mol. The van der Waals surface area contributed by atoms with Crippen LogP contribution in [0.4, 0.5) is 0 Å². The SMILES string of the molecule is COCCNCCCc1cc2cc(C)ccc2o1. The van der Waals surface area contributed by atoms with Gasteiger partial charge in [0.15, 0.2) is 0 Å². The zero-order chi connectivity index (χ0) is 12.8. The molecule has 0 aliphatic carbocycles. The maximum atomic E-state index is 5.80. The number of hydrogen-bond acceptors (Lipinski definition) is 3. The zero-order valence-corrected chi connectivity index (χ0v) is 11.2. The molecule has 0 saturated heterocycles. The molecule has 0 amide bonds. The first-order valence-corrected chi connectivity index (χ1v) is 6.48. The van der Waals surface area contributed by atoms with E-state index in [1.54, 1.807) is 7.11 Å². The molecule has 0 aliphatic heterocycles. The molecule has 98 valence electrons. The fraction of sp³-hybridized carbons (Fsp3) is 0.467. The minimum atomic E-state index is 0.768. The lowest BCUT2D eigenvalue weighted by Gasteiger charge is -2.02. The Morgan fingerprint density at radius 3 is 2.94 bits per heavy atom. The predicted octanol–water partition coefficient (Wildman–Crippen LogP) is 2.91. The lowest BCUT2D eigenvalue weighted by Crippen LogP contribution is -2.20. The minimum absolute atomic E-state index is 0.768. The van der Waals surface area contributed by atoms with E-state index in [0.717, 1.165) is 43.9 Å². The standard InChI is InChI=1S/C15H21NO2/c1-12-5-6-15-13(10-12)11-14(18-15)4-3-7-16-8-9-17-2/h5-6,10-11,16H,3-4,7-9H2,1-2H3. The van der Waals surface area contributed by atoms with Gasteiger partial charge in [-0.3, -0.25) is 0 Å². The summed E-state index contributed by atoms with van der Waals surface area (Å²) in [6.07, 6.45) is 2.07. The molecule has 3 heteroatoms. The van der Waals surface area contributed by atoms with Crippen LogP contribution in [0.5, 0.6) is 0 Å². The van der Waals surface area contributed by atoms with Crippen LogP contribution in [-0.2, 0) is 11.2 Å². The van der Waals surface area contributed by atoms with E-state index in [1.165, 1.54) is 10.9 Å². The summed E-state index contributed by atoms with van der Waals surface area (Å²) in [4.78, 5) is 0. The maximum absolute atomic E-state index is 5.80. The Bertz CT molecular complexity index is 490. The van der Waals surface area contributed by atoms with Crippen LogP contribution in [0, 0.1) is 6.92 Å². The maximum Gasteiger partial charge on any atom is 0.134 e. The second kappa shape index (κ2) is 6.57. The van der Waals surface area contributed by atoms with Gasteiger partial charge in [-0.15, -0.1) is 0 Å². The third kappa shape index (κ3) is 3.59. The Labute approximate surface area is 108 Å². The summed E-state index contributed by atoms with van der Waals surface area (Å²) in [5.74, 6) is 1.07. The Kier molecular flexibility index (Phi) is 4.79. The molecule has 1 aromatic heterocycles. The molecule has 0 spiro atoms. The molecule has 0 atom stereocenters.